The van der Waals surface area contributed by atoms with E-state index in [0.717, 1.165) is 11.0 Å². The van der Waals surface area contributed by atoms with Crippen molar-refractivity contribution in [3.05, 3.63) is 29.8 Å². The van der Waals surface area contributed by atoms with Crippen LogP contribution in [0.25, 0.3) is 0 Å². The summed E-state index contributed by atoms with van der Waals surface area (Å²) in [6.45, 7) is 11.8. The zero-order valence-electron chi connectivity index (χ0n) is 15.9. The number of ether oxygens (including phenoxy) is 2. The van der Waals surface area contributed by atoms with Gasteiger partial charge < -0.3 is 23.9 Å². The molecule has 2 fully saturated rings. The van der Waals surface area contributed by atoms with Crippen molar-refractivity contribution in [3.8, 4) is 0 Å². The molecule has 1 unspecified atom stereocenters. The molecule has 2 saturated heterocycles. The first-order valence-corrected chi connectivity index (χ1v) is 9.03. The fourth-order valence-electron chi connectivity index (χ4n) is 3.31. The van der Waals surface area contributed by atoms with Gasteiger partial charge in [0.2, 0.25) is 0 Å². The van der Waals surface area contributed by atoms with E-state index in [1.54, 1.807) is 0 Å². The Hall–Kier alpha value is -0.915. The number of aliphatic hydroxyl groups is 1. The third-order valence-corrected chi connectivity index (χ3v) is 5.73. The van der Waals surface area contributed by atoms with Gasteiger partial charge in [0.05, 0.1) is 24.4 Å². The van der Waals surface area contributed by atoms with E-state index in [-0.39, 0.29) is 23.7 Å². The molecule has 0 spiro atoms. The first-order chi connectivity index (χ1) is 11.7. The highest BCUT2D eigenvalue weighted by Crippen LogP contribution is 2.38. The summed E-state index contributed by atoms with van der Waals surface area (Å²) < 4.78 is 23.0. The van der Waals surface area contributed by atoms with Gasteiger partial charge in [0.1, 0.15) is 0 Å². The van der Waals surface area contributed by atoms with Crippen molar-refractivity contribution in [1.82, 2.24) is 0 Å². The molecule has 2 aliphatic heterocycles. The van der Waals surface area contributed by atoms with Crippen LogP contribution in [0, 0.1) is 0 Å². The molecule has 0 aromatic heterocycles. The van der Waals surface area contributed by atoms with Crippen LogP contribution in [0.4, 0.5) is 0 Å². The SMILES string of the molecule is CCOC(O)CC1(c2ccc(B3OC(C)(C)C(C)(C)O3)cc2)COC1. The Kier molecular flexibility index (Phi) is 5.03. The maximum atomic E-state index is 10.0. The van der Waals surface area contributed by atoms with Crippen molar-refractivity contribution in [2.45, 2.75) is 63.9 Å². The third kappa shape index (κ3) is 3.51. The maximum absolute atomic E-state index is 10.0. The minimum absolute atomic E-state index is 0.178. The molecule has 5 nitrogen and oxygen atoms in total. The Morgan fingerprint density at radius 1 is 1.08 bits per heavy atom. The second-order valence-corrected chi connectivity index (χ2v) is 8.10. The van der Waals surface area contributed by atoms with Gasteiger partial charge in [-0.05, 0) is 45.6 Å². The second-order valence-electron chi connectivity index (χ2n) is 8.10. The third-order valence-electron chi connectivity index (χ3n) is 5.73. The molecule has 2 aliphatic rings. The molecular formula is C19H29BO5. The van der Waals surface area contributed by atoms with E-state index in [1.807, 2.05) is 19.1 Å². The summed E-state index contributed by atoms with van der Waals surface area (Å²) in [5.74, 6) is 0. The molecule has 0 radical (unpaired) electrons. The summed E-state index contributed by atoms with van der Waals surface area (Å²) in [7, 11) is -0.360. The summed E-state index contributed by atoms with van der Waals surface area (Å²) in [4.78, 5) is 0. The molecule has 2 heterocycles. The summed E-state index contributed by atoms with van der Waals surface area (Å²) in [6, 6.07) is 8.26. The van der Waals surface area contributed by atoms with E-state index < -0.39 is 6.29 Å². The van der Waals surface area contributed by atoms with Crippen molar-refractivity contribution >= 4 is 12.6 Å². The predicted molar refractivity (Wildman–Crippen MR) is 96.9 cm³/mol. The zero-order chi connectivity index (χ0) is 18.3. The summed E-state index contributed by atoms with van der Waals surface area (Å²) >= 11 is 0. The number of benzene rings is 1. The molecule has 6 heteroatoms. The highest BCUT2D eigenvalue weighted by Gasteiger charge is 2.51. The highest BCUT2D eigenvalue weighted by molar-refractivity contribution is 6.62. The van der Waals surface area contributed by atoms with Crippen molar-refractivity contribution in [3.63, 3.8) is 0 Å². The maximum Gasteiger partial charge on any atom is 0.494 e. The van der Waals surface area contributed by atoms with E-state index >= 15 is 0 Å². The average Bonchev–Trinajstić information content (AvgIpc) is 2.72. The van der Waals surface area contributed by atoms with Gasteiger partial charge in [0.15, 0.2) is 6.29 Å². The molecule has 1 aromatic rings. The van der Waals surface area contributed by atoms with Gasteiger partial charge in [0.25, 0.3) is 0 Å². The van der Waals surface area contributed by atoms with Crippen LogP contribution < -0.4 is 5.46 Å². The Morgan fingerprint density at radius 3 is 2.08 bits per heavy atom. The topological polar surface area (TPSA) is 57.2 Å². The molecule has 1 aromatic carbocycles. The Morgan fingerprint density at radius 2 is 1.64 bits per heavy atom. The van der Waals surface area contributed by atoms with E-state index in [9.17, 15) is 5.11 Å². The van der Waals surface area contributed by atoms with Gasteiger partial charge >= 0.3 is 7.12 Å². The first-order valence-electron chi connectivity index (χ1n) is 9.03. The lowest BCUT2D eigenvalue weighted by molar-refractivity contribution is -0.150. The molecule has 0 saturated carbocycles. The van der Waals surface area contributed by atoms with Gasteiger partial charge in [0, 0.05) is 18.4 Å². The van der Waals surface area contributed by atoms with Gasteiger partial charge in [-0.2, -0.15) is 0 Å². The molecule has 0 amide bonds. The van der Waals surface area contributed by atoms with Gasteiger partial charge in [-0.25, -0.2) is 0 Å². The normalized spacial score (nSPS) is 24.8. The predicted octanol–water partition coefficient (Wildman–Crippen LogP) is 2.00. The number of hydrogen-bond donors (Lipinski definition) is 1. The molecule has 1 N–H and O–H groups in total. The monoisotopic (exact) mass is 348 g/mol. The minimum Gasteiger partial charge on any atom is -0.399 e. The standard InChI is InChI=1S/C19H29BO5/c1-6-23-16(21)11-19(12-22-13-19)14-7-9-15(10-8-14)20-24-17(2,3)18(4,5)25-20/h7-10,16,21H,6,11-13H2,1-5H3. The molecule has 25 heavy (non-hydrogen) atoms. The minimum atomic E-state index is -0.767. The number of aliphatic hydroxyl groups excluding tert-OH is 1. The molecule has 138 valence electrons. The van der Waals surface area contributed by atoms with Crippen LogP contribution in [0.1, 0.15) is 46.6 Å². The van der Waals surface area contributed by atoms with Crippen molar-refractivity contribution in [2.24, 2.45) is 0 Å². The fraction of sp³-hybridized carbons (Fsp3) is 0.684. The largest absolute Gasteiger partial charge is 0.494 e. The Balaban J connectivity index is 1.74. The lowest BCUT2D eigenvalue weighted by Gasteiger charge is -2.43. The van der Waals surface area contributed by atoms with E-state index in [4.69, 9.17) is 18.8 Å². The Bertz CT molecular complexity index is 578. The van der Waals surface area contributed by atoms with Crippen LogP contribution in [0.3, 0.4) is 0 Å². The Labute approximate surface area is 150 Å². The highest BCUT2D eigenvalue weighted by atomic mass is 16.7. The van der Waals surface area contributed by atoms with Crippen molar-refractivity contribution in [1.29, 1.82) is 0 Å². The van der Waals surface area contributed by atoms with Crippen molar-refractivity contribution in [2.75, 3.05) is 19.8 Å². The van der Waals surface area contributed by atoms with Crippen LogP contribution in [0.2, 0.25) is 0 Å². The van der Waals surface area contributed by atoms with Crippen LogP contribution in [-0.2, 0) is 24.2 Å². The zero-order valence-corrected chi connectivity index (χ0v) is 15.9. The molecule has 3 rings (SSSR count). The van der Waals surface area contributed by atoms with E-state index in [2.05, 4.69) is 39.8 Å². The van der Waals surface area contributed by atoms with Gasteiger partial charge in [-0.15, -0.1) is 0 Å². The van der Waals surface area contributed by atoms with E-state index in [1.165, 1.54) is 0 Å². The molecule has 0 bridgehead atoms. The second kappa shape index (κ2) is 6.67. The summed E-state index contributed by atoms with van der Waals surface area (Å²) in [6.07, 6.45) is -0.229. The van der Waals surface area contributed by atoms with Crippen LogP contribution in [0.15, 0.2) is 24.3 Å². The summed E-state index contributed by atoms with van der Waals surface area (Å²) in [5, 5.41) is 10.0. The lowest BCUT2D eigenvalue weighted by atomic mass is 9.73. The van der Waals surface area contributed by atoms with E-state index in [0.29, 0.717) is 26.2 Å². The fourth-order valence-corrected chi connectivity index (χ4v) is 3.31. The number of rotatable bonds is 6. The molecule has 0 aliphatic carbocycles. The summed E-state index contributed by atoms with van der Waals surface area (Å²) in [5.41, 5.74) is 1.28. The van der Waals surface area contributed by atoms with Crippen LogP contribution >= 0.6 is 0 Å². The van der Waals surface area contributed by atoms with Gasteiger partial charge in [-0.1, -0.05) is 24.3 Å². The van der Waals surface area contributed by atoms with Crippen LogP contribution in [-0.4, -0.2) is 49.5 Å². The lowest BCUT2D eigenvalue weighted by Crippen LogP contribution is -2.49. The first kappa shape index (κ1) is 18.9. The van der Waals surface area contributed by atoms with Crippen molar-refractivity contribution < 1.29 is 23.9 Å². The number of hydrogen-bond acceptors (Lipinski definition) is 5. The molecule has 1 atom stereocenters. The smallest absolute Gasteiger partial charge is 0.399 e. The van der Waals surface area contributed by atoms with Crippen LogP contribution in [0.5, 0.6) is 0 Å². The quantitative estimate of drug-likeness (QED) is 0.630. The van der Waals surface area contributed by atoms with Gasteiger partial charge in [-0.3, -0.25) is 0 Å². The average molecular weight is 348 g/mol. The molecular weight excluding hydrogens is 319 g/mol.